The van der Waals surface area contributed by atoms with Crippen LogP contribution in [0.5, 0.6) is 5.75 Å². The summed E-state index contributed by atoms with van der Waals surface area (Å²) < 4.78 is 5.32. The maximum absolute atomic E-state index is 11.3. The highest BCUT2D eigenvalue weighted by Crippen LogP contribution is 2.35. The number of nitrogens with zero attached hydrogens (tertiary/aromatic N) is 1. The number of likely N-dealkylation sites (tertiary alicyclic amines) is 1. The summed E-state index contributed by atoms with van der Waals surface area (Å²) in [6.07, 6.45) is 3.94. The van der Waals surface area contributed by atoms with E-state index >= 15 is 0 Å². The second-order valence-corrected chi connectivity index (χ2v) is 9.03. The molecule has 1 saturated heterocycles. The Hall–Kier alpha value is -2.07. The summed E-state index contributed by atoms with van der Waals surface area (Å²) in [7, 11) is 1.63. The van der Waals surface area contributed by atoms with Crippen molar-refractivity contribution in [3.8, 4) is 5.75 Å². The number of ether oxygens (including phenoxy) is 1. The van der Waals surface area contributed by atoms with Crippen molar-refractivity contribution in [2.24, 2.45) is 5.92 Å². The van der Waals surface area contributed by atoms with E-state index in [1.54, 1.807) is 7.11 Å². The Bertz CT molecular complexity index is 999. The van der Waals surface area contributed by atoms with Crippen LogP contribution in [0.2, 0.25) is 5.02 Å². The quantitative estimate of drug-likeness (QED) is 0.472. The highest BCUT2D eigenvalue weighted by Gasteiger charge is 2.29. The van der Waals surface area contributed by atoms with Crippen molar-refractivity contribution in [2.75, 3.05) is 20.2 Å². The maximum Gasteiger partial charge on any atom is 0.138 e. The van der Waals surface area contributed by atoms with E-state index in [-0.39, 0.29) is 6.04 Å². The second-order valence-electron chi connectivity index (χ2n) is 8.65. The first-order chi connectivity index (χ1) is 15.1. The third-order valence-corrected chi connectivity index (χ3v) is 7.16. The molecular formula is C27H32ClNO2. The Morgan fingerprint density at radius 2 is 1.81 bits per heavy atom. The van der Waals surface area contributed by atoms with Crippen LogP contribution in [0.15, 0.2) is 60.7 Å². The summed E-state index contributed by atoms with van der Waals surface area (Å²) in [6.45, 7) is 4.26. The Morgan fingerprint density at radius 3 is 2.48 bits per heavy atom. The van der Waals surface area contributed by atoms with E-state index in [2.05, 4.69) is 48.2 Å². The van der Waals surface area contributed by atoms with Crippen LogP contribution in [0.1, 0.15) is 43.4 Å². The molecule has 4 rings (SSSR count). The average molecular weight is 438 g/mol. The van der Waals surface area contributed by atoms with Gasteiger partial charge in [0.1, 0.15) is 5.75 Å². The molecule has 1 N–H and O–H groups in total. The molecule has 3 aromatic rings. The number of halogens is 1. The number of aliphatic hydroxyl groups is 1. The minimum Gasteiger partial charge on any atom is -0.495 e. The molecule has 1 fully saturated rings. The zero-order valence-corrected chi connectivity index (χ0v) is 19.2. The molecule has 0 amide bonds. The summed E-state index contributed by atoms with van der Waals surface area (Å²) >= 11 is 6.46. The lowest BCUT2D eigenvalue weighted by Crippen LogP contribution is -2.44. The Labute approximate surface area is 190 Å². The Kier molecular flexibility index (Phi) is 7.16. The SMILES string of the molecule is CCC(C(O)c1ccc2c(Cl)c(OC)ccc2c1)N1CCC(Cc2ccccc2)CC1. The minimum absolute atomic E-state index is 0.129. The lowest BCUT2D eigenvalue weighted by atomic mass is 9.88. The predicted molar refractivity (Wildman–Crippen MR) is 129 cm³/mol. The van der Waals surface area contributed by atoms with Gasteiger partial charge < -0.3 is 9.84 Å². The summed E-state index contributed by atoms with van der Waals surface area (Å²) in [5.41, 5.74) is 2.38. The number of hydrogen-bond donors (Lipinski definition) is 1. The van der Waals surface area contributed by atoms with Crippen LogP contribution in [0, 0.1) is 5.92 Å². The molecule has 0 aromatic heterocycles. The molecule has 164 valence electrons. The fraction of sp³-hybridized carbons (Fsp3) is 0.407. The van der Waals surface area contributed by atoms with E-state index in [4.69, 9.17) is 16.3 Å². The summed E-state index contributed by atoms with van der Waals surface area (Å²) in [5.74, 6) is 1.40. The van der Waals surface area contributed by atoms with E-state index in [1.165, 1.54) is 18.4 Å². The first kappa shape index (κ1) is 22.1. The van der Waals surface area contributed by atoms with Gasteiger partial charge in [-0.15, -0.1) is 0 Å². The van der Waals surface area contributed by atoms with Crippen LogP contribution in [0.25, 0.3) is 10.8 Å². The molecule has 31 heavy (non-hydrogen) atoms. The molecule has 1 aliphatic rings. The molecular weight excluding hydrogens is 406 g/mol. The highest BCUT2D eigenvalue weighted by molar-refractivity contribution is 6.37. The van der Waals surface area contributed by atoms with Gasteiger partial charge in [-0.3, -0.25) is 4.90 Å². The van der Waals surface area contributed by atoms with Crippen LogP contribution in [-0.4, -0.2) is 36.2 Å². The van der Waals surface area contributed by atoms with Crippen molar-refractivity contribution in [1.29, 1.82) is 0 Å². The molecule has 2 unspecified atom stereocenters. The minimum atomic E-state index is -0.513. The van der Waals surface area contributed by atoms with Crippen molar-refractivity contribution < 1.29 is 9.84 Å². The lowest BCUT2D eigenvalue weighted by Gasteiger charge is -2.39. The van der Waals surface area contributed by atoms with E-state index in [0.717, 1.165) is 48.2 Å². The Balaban J connectivity index is 1.44. The molecule has 0 bridgehead atoms. The molecule has 0 spiro atoms. The zero-order chi connectivity index (χ0) is 21.8. The second kappa shape index (κ2) is 10.0. The number of benzene rings is 3. The van der Waals surface area contributed by atoms with Crippen molar-refractivity contribution in [3.63, 3.8) is 0 Å². The normalized spacial score (nSPS) is 17.5. The summed E-state index contributed by atoms with van der Waals surface area (Å²) in [6, 6.07) is 20.9. The molecule has 4 heteroatoms. The molecule has 0 radical (unpaired) electrons. The van der Waals surface area contributed by atoms with Crippen LogP contribution < -0.4 is 4.74 Å². The van der Waals surface area contributed by atoms with Gasteiger partial charge in [0.15, 0.2) is 0 Å². The fourth-order valence-corrected chi connectivity index (χ4v) is 5.28. The van der Waals surface area contributed by atoms with Gasteiger partial charge in [-0.25, -0.2) is 0 Å². The standard InChI is InChI=1S/C27H32ClNO2/c1-3-24(29-15-13-20(14-16-29)17-19-7-5-4-6-8-19)27(30)22-9-11-23-21(18-22)10-12-25(31-2)26(23)28/h4-12,18,20,24,27,30H,3,13-17H2,1-2H3. The van der Waals surface area contributed by atoms with E-state index in [9.17, 15) is 5.11 Å². The van der Waals surface area contributed by atoms with Gasteiger partial charge in [-0.1, -0.05) is 67.1 Å². The highest BCUT2D eigenvalue weighted by atomic mass is 35.5. The predicted octanol–water partition coefficient (Wildman–Crippen LogP) is 6.27. The van der Waals surface area contributed by atoms with Gasteiger partial charge in [-0.05, 0) is 73.3 Å². The molecule has 1 heterocycles. The van der Waals surface area contributed by atoms with Gasteiger partial charge in [-0.2, -0.15) is 0 Å². The number of aliphatic hydroxyl groups excluding tert-OH is 1. The van der Waals surface area contributed by atoms with Gasteiger partial charge >= 0.3 is 0 Å². The molecule has 3 nitrogen and oxygen atoms in total. The van der Waals surface area contributed by atoms with E-state index < -0.39 is 6.10 Å². The van der Waals surface area contributed by atoms with Gasteiger partial charge in [0, 0.05) is 11.4 Å². The third-order valence-electron chi connectivity index (χ3n) is 6.77. The summed E-state index contributed by atoms with van der Waals surface area (Å²) in [4.78, 5) is 2.48. The zero-order valence-electron chi connectivity index (χ0n) is 18.4. The molecule has 2 atom stereocenters. The van der Waals surface area contributed by atoms with Gasteiger partial charge in [0.05, 0.1) is 18.2 Å². The first-order valence-corrected chi connectivity index (χ1v) is 11.7. The Morgan fingerprint density at radius 1 is 1.06 bits per heavy atom. The lowest BCUT2D eigenvalue weighted by molar-refractivity contribution is 0.0260. The largest absolute Gasteiger partial charge is 0.495 e. The van der Waals surface area contributed by atoms with E-state index in [0.29, 0.717) is 10.8 Å². The van der Waals surface area contributed by atoms with Gasteiger partial charge in [0.2, 0.25) is 0 Å². The fourth-order valence-electron chi connectivity index (χ4n) is 4.97. The average Bonchev–Trinajstić information content (AvgIpc) is 2.81. The van der Waals surface area contributed by atoms with Crippen molar-refractivity contribution in [1.82, 2.24) is 4.90 Å². The van der Waals surface area contributed by atoms with Crippen LogP contribution >= 0.6 is 11.6 Å². The molecule has 1 aliphatic heterocycles. The number of fused-ring (bicyclic) bond motifs is 1. The van der Waals surface area contributed by atoms with Crippen LogP contribution in [0.3, 0.4) is 0 Å². The third kappa shape index (κ3) is 4.90. The number of rotatable bonds is 7. The van der Waals surface area contributed by atoms with Crippen molar-refractivity contribution >= 4 is 22.4 Å². The monoisotopic (exact) mass is 437 g/mol. The first-order valence-electron chi connectivity index (χ1n) is 11.3. The van der Waals surface area contributed by atoms with Crippen molar-refractivity contribution in [3.05, 3.63) is 76.8 Å². The maximum atomic E-state index is 11.3. The van der Waals surface area contributed by atoms with Crippen molar-refractivity contribution in [2.45, 2.75) is 44.8 Å². The molecule has 0 saturated carbocycles. The molecule has 3 aromatic carbocycles. The van der Waals surface area contributed by atoms with Crippen LogP contribution in [-0.2, 0) is 6.42 Å². The number of piperidine rings is 1. The van der Waals surface area contributed by atoms with E-state index in [1.807, 2.05) is 24.3 Å². The van der Waals surface area contributed by atoms with Gasteiger partial charge in [0.25, 0.3) is 0 Å². The smallest absolute Gasteiger partial charge is 0.138 e. The number of methoxy groups -OCH3 is 1. The molecule has 0 aliphatic carbocycles. The number of hydrogen-bond acceptors (Lipinski definition) is 3. The van der Waals surface area contributed by atoms with Crippen LogP contribution in [0.4, 0.5) is 0 Å². The summed E-state index contributed by atoms with van der Waals surface area (Å²) in [5, 5.41) is 13.9. The topological polar surface area (TPSA) is 32.7 Å².